The molecule has 1 amide bonds. The first-order valence-corrected chi connectivity index (χ1v) is 7.11. The first-order valence-electron chi connectivity index (χ1n) is 7.11. The van der Waals surface area contributed by atoms with Gasteiger partial charge in [-0.2, -0.15) is 5.10 Å². The van der Waals surface area contributed by atoms with Gasteiger partial charge in [0, 0.05) is 12.7 Å². The Balaban J connectivity index is 1.72. The zero-order valence-corrected chi connectivity index (χ0v) is 12.8. The van der Waals surface area contributed by atoms with Crippen LogP contribution in [0, 0.1) is 6.92 Å². The number of aryl methyl sites for hydroxylation is 1. The van der Waals surface area contributed by atoms with Crippen LogP contribution in [0.5, 0.6) is 0 Å². The molecule has 0 atom stereocenters. The van der Waals surface area contributed by atoms with Crippen LogP contribution in [0.15, 0.2) is 47.3 Å². The minimum Gasteiger partial charge on any atom is -0.476 e. The van der Waals surface area contributed by atoms with Crippen LogP contribution in [-0.2, 0) is 6.54 Å². The molecule has 0 spiro atoms. The van der Waals surface area contributed by atoms with Crippen LogP contribution in [0.1, 0.15) is 32.3 Å². The second kappa shape index (κ2) is 6.37. The highest BCUT2D eigenvalue weighted by Gasteiger charge is 2.13. The van der Waals surface area contributed by atoms with Crippen LogP contribution in [0.4, 0.5) is 0 Å². The van der Waals surface area contributed by atoms with E-state index >= 15 is 0 Å². The fourth-order valence-electron chi connectivity index (χ4n) is 2.18. The molecule has 0 unspecified atom stereocenters. The molecule has 3 aromatic rings. The summed E-state index contributed by atoms with van der Waals surface area (Å²) in [6.45, 7) is 1.96. The standard InChI is InChI=1S/C16H14N4O4/c1-10-14(18-9-24-10)15(21)17-8-11-3-2-4-12(7-11)20-6-5-13(19-20)16(22)23/h2-7,9H,8H2,1H3,(H,17,21)(H,22,23). The van der Waals surface area contributed by atoms with Crippen molar-refractivity contribution in [2.45, 2.75) is 13.5 Å². The van der Waals surface area contributed by atoms with Gasteiger partial charge in [0.15, 0.2) is 17.8 Å². The number of carboxylic acid groups (broad SMARTS) is 1. The molecule has 0 fully saturated rings. The van der Waals surface area contributed by atoms with Crippen molar-refractivity contribution < 1.29 is 19.1 Å². The van der Waals surface area contributed by atoms with E-state index in [0.29, 0.717) is 18.0 Å². The van der Waals surface area contributed by atoms with Crippen molar-refractivity contribution in [1.29, 1.82) is 0 Å². The van der Waals surface area contributed by atoms with Crippen LogP contribution >= 0.6 is 0 Å². The summed E-state index contributed by atoms with van der Waals surface area (Å²) in [5, 5.41) is 15.7. The highest BCUT2D eigenvalue weighted by atomic mass is 16.4. The third-order valence-corrected chi connectivity index (χ3v) is 3.40. The molecule has 0 aliphatic carbocycles. The number of aromatic nitrogens is 3. The van der Waals surface area contributed by atoms with E-state index in [-0.39, 0.29) is 17.3 Å². The lowest BCUT2D eigenvalue weighted by atomic mass is 10.2. The van der Waals surface area contributed by atoms with Crippen LogP contribution in [0.25, 0.3) is 5.69 Å². The smallest absolute Gasteiger partial charge is 0.356 e. The molecule has 24 heavy (non-hydrogen) atoms. The maximum atomic E-state index is 12.0. The fraction of sp³-hybridized carbons (Fsp3) is 0.125. The van der Waals surface area contributed by atoms with Crippen LogP contribution in [0.3, 0.4) is 0 Å². The van der Waals surface area contributed by atoms with Gasteiger partial charge >= 0.3 is 5.97 Å². The summed E-state index contributed by atoms with van der Waals surface area (Å²) in [4.78, 5) is 26.8. The summed E-state index contributed by atoms with van der Waals surface area (Å²) in [6.07, 6.45) is 2.79. The zero-order valence-electron chi connectivity index (χ0n) is 12.8. The summed E-state index contributed by atoms with van der Waals surface area (Å²) in [6, 6.07) is 8.69. The van der Waals surface area contributed by atoms with Gasteiger partial charge in [0.1, 0.15) is 5.76 Å². The Morgan fingerprint density at radius 1 is 1.33 bits per heavy atom. The van der Waals surface area contributed by atoms with Gasteiger partial charge in [0.2, 0.25) is 0 Å². The van der Waals surface area contributed by atoms with Crippen molar-refractivity contribution in [1.82, 2.24) is 20.1 Å². The molecular formula is C16H14N4O4. The summed E-state index contributed by atoms with van der Waals surface area (Å²) in [5.41, 5.74) is 1.76. The van der Waals surface area contributed by atoms with E-state index < -0.39 is 5.97 Å². The van der Waals surface area contributed by atoms with E-state index in [0.717, 1.165) is 5.56 Å². The van der Waals surface area contributed by atoms with Gasteiger partial charge in [0.25, 0.3) is 5.91 Å². The normalized spacial score (nSPS) is 10.5. The second-order valence-electron chi connectivity index (χ2n) is 5.06. The number of benzene rings is 1. The van der Waals surface area contributed by atoms with Crippen LogP contribution in [-0.4, -0.2) is 31.7 Å². The number of hydrogen-bond donors (Lipinski definition) is 2. The Hall–Kier alpha value is -3.42. The number of carbonyl (C=O) groups excluding carboxylic acids is 1. The molecule has 0 saturated carbocycles. The maximum absolute atomic E-state index is 12.0. The lowest BCUT2D eigenvalue weighted by molar-refractivity contribution is 0.0689. The topological polar surface area (TPSA) is 110 Å². The van der Waals surface area contributed by atoms with Gasteiger partial charge in [-0.05, 0) is 30.7 Å². The number of nitrogens with zero attached hydrogens (tertiary/aromatic N) is 3. The summed E-state index contributed by atoms with van der Waals surface area (Å²) < 4.78 is 6.47. The quantitative estimate of drug-likeness (QED) is 0.739. The van der Waals surface area contributed by atoms with E-state index in [4.69, 9.17) is 9.52 Å². The molecule has 8 heteroatoms. The predicted octanol–water partition coefficient (Wildman–Crippen LogP) is 1.80. The number of rotatable bonds is 5. The number of hydrogen-bond acceptors (Lipinski definition) is 5. The van der Waals surface area contributed by atoms with Gasteiger partial charge in [-0.15, -0.1) is 0 Å². The minimum absolute atomic E-state index is 0.0322. The van der Waals surface area contributed by atoms with E-state index in [9.17, 15) is 9.59 Å². The average molecular weight is 326 g/mol. The van der Waals surface area contributed by atoms with E-state index in [1.54, 1.807) is 25.3 Å². The molecule has 1 aromatic carbocycles. The number of nitrogens with one attached hydrogen (secondary N) is 1. The Bertz CT molecular complexity index is 897. The number of carboxylic acids is 1. The minimum atomic E-state index is -1.08. The van der Waals surface area contributed by atoms with Crippen molar-refractivity contribution in [2.24, 2.45) is 0 Å². The van der Waals surface area contributed by atoms with Gasteiger partial charge in [-0.1, -0.05) is 12.1 Å². The SMILES string of the molecule is Cc1ocnc1C(=O)NCc1cccc(-n2ccc(C(=O)O)n2)c1. The molecule has 0 aliphatic heterocycles. The molecule has 122 valence electrons. The molecule has 8 nitrogen and oxygen atoms in total. The first-order chi connectivity index (χ1) is 11.5. The highest BCUT2D eigenvalue weighted by Crippen LogP contribution is 2.11. The lowest BCUT2D eigenvalue weighted by Crippen LogP contribution is -2.23. The van der Waals surface area contributed by atoms with Gasteiger partial charge < -0.3 is 14.8 Å². The molecule has 0 radical (unpaired) electrons. The number of oxazole rings is 1. The zero-order chi connectivity index (χ0) is 17.1. The average Bonchev–Trinajstić information content (AvgIpc) is 3.22. The van der Waals surface area contributed by atoms with Crippen molar-refractivity contribution >= 4 is 11.9 Å². The Morgan fingerprint density at radius 2 is 2.17 bits per heavy atom. The molecule has 0 saturated heterocycles. The van der Waals surface area contributed by atoms with Gasteiger partial charge in [0.05, 0.1) is 5.69 Å². The third kappa shape index (κ3) is 3.17. The van der Waals surface area contributed by atoms with Crippen LogP contribution in [0.2, 0.25) is 0 Å². The molecule has 2 heterocycles. The van der Waals surface area contributed by atoms with E-state index in [2.05, 4.69) is 15.4 Å². The number of aromatic carboxylic acids is 1. The lowest BCUT2D eigenvalue weighted by Gasteiger charge is -2.07. The number of amides is 1. The van der Waals surface area contributed by atoms with Crippen LogP contribution < -0.4 is 5.32 Å². The molecular weight excluding hydrogens is 312 g/mol. The third-order valence-electron chi connectivity index (χ3n) is 3.40. The summed E-state index contributed by atoms with van der Waals surface area (Å²) >= 11 is 0. The van der Waals surface area contributed by atoms with Crippen molar-refractivity contribution in [3.63, 3.8) is 0 Å². The van der Waals surface area contributed by atoms with E-state index in [1.807, 2.05) is 12.1 Å². The largest absolute Gasteiger partial charge is 0.476 e. The summed E-state index contributed by atoms with van der Waals surface area (Å²) in [5.74, 6) is -0.946. The molecule has 3 rings (SSSR count). The van der Waals surface area contributed by atoms with Crippen molar-refractivity contribution in [3.8, 4) is 5.69 Å². The molecule has 2 aromatic heterocycles. The van der Waals surface area contributed by atoms with Crippen molar-refractivity contribution in [2.75, 3.05) is 0 Å². The molecule has 0 bridgehead atoms. The summed E-state index contributed by atoms with van der Waals surface area (Å²) in [7, 11) is 0. The Kier molecular flexibility index (Phi) is 4.11. The highest BCUT2D eigenvalue weighted by molar-refractivity contribution is 5.93. The van der Waals surface area contributed by atoms with Gasteiger partial charge in [-0.3, -0.25) is 4.79 Å². The first kappa shape index (κ1) is 15.5. The Morgan fingerprint density at radius 3 is 2.83 bits per heavy atom. The predicted molar refractivity (Wildman–Crippen MR) is 82.9 cm³/mol. The Labute approximate surface area is 136 Å². The fourth-order valence-corrected chi connectivity index (χ4v) is 2.18. The molecule has 0 aliphatic rings. The van der Waals surface area contributed by atoms with Crippen molar-refractivity contribution in [3.05, 3.63) is 65.6 Å². The molecule has 2 N–H and O–H groups in total. The number of carbonyl (C=O) groups is 2. The second-order valence-corrected chi connectivity index (χ2v) is 5.06. The van der Waals surface area contributed by atoms with Gasteiger partial charge in [-0.25, -0.2) is 14.5 Å². The maximum Gasteiger partial charge on any atom is 0.356 e. The monoisotopic (exact) mass is 326 g/mol. The van der Waals surface area contributed by atoms with E-state index in [1.165, 1.54) is 17.1 Å².